The Balaban J connectivity index is 4.41. The Kier molecular flexibility index (Phi) is 5.10. The lowest BCUT2D eigenvalue weighted by atomic mass is 10.0. The predicted octanol–water partition coefficient (Wildman–Crippen LogP) is 3.81. The summed E-state index contributed by atoms with van der Waals surface area (Å²) in [5.41, 5.74) is 0. The third-order valence-electron chi connectivity index (χ3n) is 2.18. The lowest BCUT2D eigenvalue weighted by Gasteiger charge is -2.29. The maximum atomic E-state index is 12.7. The molecule has 0 rings (SSSR count). The molecule has 1 N–H and O–H groups in total. The van der Waals surface area contributed by atoms with Crippen molar-refractivity contribution in [2.45, 2.75) is 57.0 Å². The van der Waals surface area contributed by atoms with E-state index >= 15 is 0 Å². The van der Waals surface area contributed by atoms with Crippen molar-refractivity contribution in [1.29, 1.82) is 0 Å². The Labute approximate surface area is 89.4 Å². The van der Waals surface area contributed by atoms with Crippen LogP contribution in [-0.2, 0) is 0 Å². The van der Waals surface area contributed by atoms with Gasteiger partial charge in [-0.15, -0.1) is 0 Å². The van der Waals surface area contributed by atoms with Crippen LogP contribution in [0.4, 0.5) is 26.3 Å². The van der Waals surface area contributed by atoms with Gasteiger partial charge in [-0.2, -0.15) is 26.3 Å². The summed E-state index contributed by atoms with van der Waals surface area (Å²) in [5.74, 6) is -10.6. The highest BCUT2D eigenvalue weighted by molar-refractivity contribution is 4.90. The van der Waals surface area contributed by atoms with Gasteiger partial charge < -0.3 is 5.11 Å². The van der Waals surface area contributed by atoms with Gasteiger partial charge in [-0.1, -0.05) is 26.2 Å². The van der Waals surface area contributed by atoms with Crippen LogP contribution in [-0.4, -0.2) is 23.1 Å². The predicted molar refractivity (Wildman–Crippen MR) is 45.8 cm³/mol. The second-order valence-corrected chi connectivity index (χ2v) is 3.63. The molecule has 0 atom stereocenters. The SMILES string of the molecule is CCCCCCC(F)(F)C(F)(F)C(O)(F)F. The van der Waals surface area contributed by atoms with Gasteiger partial charge in [-0.05, 0) is 6.42 Å². The molecule has 0 unspecified atom stereocenters. The van der Waals surface area contributed by atoms with Gasteiger partial charge in [-0.3, -0.25) is 0 Å². The smallest absolute Gasteiger partial charge is 0.331 e. The van der Waals surface area contributed by atoms with E-state index in [9.17, 15) is 26.3 Å². The Morgan fingerprint density at radius 2 is 1.38 bits per heavy atom. The molecule has 0 saturated heterocycles. The largest absolute Gasteiger partial charge is 0.423 e. The third-order valence-corrected chi connectivity index (χ3v) is 2.18. The van der Waals surface area contributed by atoms with Gasteiger partial charge in [0.05, 0.1) is 0 Å². The number of unbranched alkanes of at least 4 members (excludes halogenated alkanes) is 3. The molecule has 0 amide bonds. The van der Waals surface area contributed by atoms with Crippen molar-refractivity contribution in [2.75, 3.05) is 0 Å². The van der Waals surface area contributed by atoms with Crippen LogP contribution < -0.4 is 0 Å². The maximum absolute atomic E-state index is 12.7. The molecule has 7 heteroatoms. The molecule has 0 aromatic rings. The van der Waals surface area contributed by atoms with Crippen molar-refractivity contribution in [3.05, 3.63) is 0 Å². The molecule has 0 aliphatic rings. The summed E-state index contributed by atoms with van der Waals surface area (Å²) >= 11 is 0. The zero-order valence-corrected chi connectivity index (χ0v) is 8.75. The van der Waals surface area contributed by atoms with Crippen LogP contribution >= 0.6 is 0 Å². The summed E-state index contributed by atoms with van der Waals surface area (Å²) in [4.78, 5) is 0. The normalized spacial score (nSPS) is 14.2. The minimum atomic E-state index is -5.73. The van der Waals surface area contributed by atoms with E-state index in [4.69, 9.17) is 5.11 Å². The van der Waals surface area contributed by atoms with Gasteiger partial charge in [0.2, 0.25) is 0 Å². The molecule has 0 aromatic carbocycles. The van der Waals surface area contributed by atoms with Gasteiger partial charge >= 0.3 is 18.0 Å². The van der Waals surface area contributed by atoms with Crippen molar-refractivity contribution < 1.29 is 31.4 Å². The molecule has 0 bridgehead atoms. The van der Waals surface area contributed by atoms with Gasteiger partial charge in [0.25, 0.3) is 0 Å². The first-order chi connectivity index (χ1) is 7.06. The van der Waals surface area contributed by atoms with E-state index in [0.29, 0.717) is 12.8 Å². The number of rotatable bonds is 7. The van der Waals surface area contributed by atoms with Crippen LogP contribution in [0.15, 0.2) is 0 Å². The van der Waals surface area contributed by atoms with E-state index in [1.54, 1.807) is 6.92 Å². The van der Waals surface area contributed by atoms with E-state index in [1.165, 1.54) is 0 Å². The molecule has 0 spiro atoms. The number of hydrogen-bond donors (Lipinski definition) is 1. The van der Waals surface area contributed by atoms with Crippen LogP contribution in [0.3, 0.4) is 0 Å². The molecular weight excluding hydrogens is 238 g/mol. The van der Waals surface area contributed by atoms with Crippen molar-refractivity contribution in [1.82, 2.24) is 0 Å². The molecule has 0 aliphatic heterocycles. The average Bonchev–Trinajstić information content (AvgIpc) is 2.10. The van der Waals surface area contributed by atoms with Crippen molar-refractivity contribution in [3.63, 3.8) is 0 Å². The molecule has 16 heavy (non-hydrogen) atoms. The van der Waals surface area contributed by atoms with Gasteiger partial charge in [0, 0.05) is 6.42 Å². The Morgan fingerprint density at radius 3 is 1.75 bits per heavy atom. The fourth-order valence-corrected chi connectivity index (χ4v) is 1.15. The maximum Gasteiger partial charge on any atom is 0.423 e. The number of aliphatic hydroxyl groups is 1. The van der Waals surface area contributed by atoms with Crippen LogP contribution in [0, 0.1) is 0 Å². The van der Waals surface area contributed by atoms with E-state index < -0.39 is 24.4 Å². The zero-order chi connectivity index (χ0) is 13.0. The van der Waals surface area contributed by atoms with E-state index in [1.807, 2.05) is 0 Å². The number of halogens is 6. The zero-order valence-electron chi connectivity index (χ0n) is 8.75. The van der Waals surface area contributed by atoms with Crippen LogP contribution in [0.25, 0.3) is 0 Å². The molecule has 0 saturated carbocycles. The molecule has 0 heterocycles. The van der Waals surface area contributed by atoms with Crippen molar-refractivity contribution >= 4 is 0 Å². The van der Waals surface area contributed by atoms with Crippen LogP contribution in [0.2, 0.25) is 0 Å². The van der Waals surface area contributed by atoms with Crippen LogP contribution in [0.5, 0.6) is 0 Å². The summed E-state index contributed by atoms with van der Waals surface area (Å²) in [6, 6.07) is 0. The highest BCUT2D eigenvalue weighted by Gasteiger charge is 2.70. The van der Waals surface area contributed by atoms with Crippen molar-refractivity contribution in [2.24, 2.45) is 0 Å². The molecular formula is C9H14F6O. The first-order valence-electron chi connectivity index (χ1n) is 4.92. The monoisotopic (exact) mass is 252 g/mol. The Hall–Kier alpha value is -0.460. The fourth-order valence-electron chi connectivity index (χ4n) is 1.15. The van der Waals surface area contributed by atoms with E-state index in [2.05, 4.69) is 0 Å². The van der Waals surface area contributed by atoms with E-state index in [-0.39, 0.29) is 12.8 Å². The number of alkyl halides is 6. The number of hydrogen-bond acceptors (Lipinski definition) is 1. The average molecular weight is 252 g/mol. The highest BCUT2D eigenvalue weighted by Crippen LogP contribution is 2.46. The summed E-state index contributed by atoms with van der Waals surface area (Å²) in [6.45, 7) is 1.79. The van der Waals surface area contributed by atoms with Crippen LogP contribution in [0.1, 0.15) is 39.0 Å². The molecule has 0 radical (unpaired) electrons. The molecule has 0 aliphatic carbocycles. The molecule has 0 fully saturated rings. The second kappa shape index (κ2) is 5.25. The Bertz CT molecular complexity index is 211. The molecule has 98 valence electrons. The molecule has 1 nitrogen and oxygen atoms in total. The Morgan fingerprint density at radius 1 is 0.875 bits per heavy atom. The molecule has 0 aromatic heterocycles. The summed E-state index contributed by atoms with van der Waals surface area (Å²) in [5, 5.41) is 7.72. The second-order valence-electron chi connectivity index (χ2n) is 3.63. The minimum absolute atomic E-state index is 0.263. The third kappa shape index (κ3) is 3.54. The first kappa shape index (κ1) is 15.5. The lowest BCUT2D eigenvalue weighted by Crippen LogP contribution is -2.53. The quantitative estimate of drug-likeness (QED) is 0.539. The van der Waals surface area contributed by atoms with Gasteiger partial charge in [-0.25, -0.2) is 0 Å². The first-order valence-corrected chi connectivity index (χ1v) is 4.92. The summed E-state index contributed by atoms with van der Waals surface area (Å²) < 4.78 is 74.2. The van der Waals surface area contributed by atoms with Gasteiger partial charge in [0.15, 0.2) is 0 Å². The van der Waals surface area contributed by atoms with Gasteiger partial charge in [0.1, 0.15) is 0 Å². The standard InChI is InChI=1S/C9H14F6O/c1-2-3-4-5-6-7(10,11)8(12,13)9(14,15)16/h16H,2-6H2,1H3. The fraction of sp³-hybridized carbons (Fsp3) is 1.00. The van der Waals surface area contributed by atoms with E-state index in [0.717, 1.165) is 0 Å². The summed E-state index contributed by atoms with van der Waals surface area (Å²) in [6.07, 6.45) is -5.82. The summed E-state index contributed by atoms with van der Waals surface area (Å²) in [7, 11) is 0. The van der Waals surface area contributed by atoms with Crippen molar-refractivity contribution in [3.8, 4) is 0 Å². The minimum Gasteiger partial charge on any atom is -0.331 e. The lowest BCUT2D eigenvalue weighted by molar-refractivity contribution is -0.384. The highest BCUT2D eigenvalue weighted by atomic mass is 19.3. The topological polar surface area (TPSA) is 20.2 Å².